The zero-order chi connectivity index (χ0) is 21.2. The second-order valence-corrected chi connectivity index (χ2v) is 8.31. The fraction of sp³-hybridized carbons (Fsp3) is 0.333. The van der Waals surface area contributed by atoms with Gasteiger partial charge in [-0.15, -0.1) is 0 Å². The first kappa shape index (κ1) is 21.3. The molecular weight excluding hydrogens is 413 g/mol. The fourth-order valence-electron chi connectivity index (χ4n) is 3.29. The molecule has 6 nitrogen and oxygen atoms in total. The Kier molecular flexibility index (Phi) is 6.24. The summed E-state index contributed by atoms with van der Waals surface area (Å²) in [7, 11) is 0. The molecule has 0 aliphatic carbocycles. The van der Waals surface area contributed by atoms with Gasteiger partial charge in [-0.25, -0.2) is 0 Å². The van der Waals surface area contributed by atoms with E-state index >= 15 is 0 Å². The van der Waals surface area contributed by atoms with Gasteiger partial charge in [-0.2, -0.15) is 0 Å². The largest absolute Gasteiger partial charge is 0.351 e. The van der Waals surface area contributed by atoms with Crippen molar-refractivity contribution in [3.8, 4) is 0 Å². The predicted molar refractivity (Wildman–Crippen MR) is 111 cm³/mol. The highest BCUT2D eigenvalue weighted by Crippen LogP contribution is 2.37. The molecule has 2 aromatic rings. The number of amides is 3. The summed E-state index contributed by atoms with van der Waals surface area (Å²) >= 11 is 12.8. The third-order valence-corrected chi connectivity index (χ3v) is 5.68. The van der Waals surface area contributed by atoms with Crippen LogP contribution < -0.4 is 10.6 Å². The van der Waals surface area contributed by atoms with Crippen LogP contribution in [0.4, 0.5) is 0 Å². The number of carbonyl (C=O) groups excluding carboxylic acids is 3. The number of aromatic nitrogens is 1. The van der Waals surface area contributed by atoms with Gasteiger partial charge in [-0.05, 0) is 50.1 Å². The van der Waals surface area contributed by atoms with Crippen molar-refractivity contribution in [2.45, 2.75) is 44.6 Å². The molecule has 0 radical (unpaired) electrons. The molecule has 2 N–H and O–H groups in total. The number of pyridine rings is 1. The highest BCUT2D eigenvalue weighted by atomic mass is 35.5. The van der Waals surface area contributed by atoms with Crippen molar-refractivity contribution in [3.63, 3.8) is 0 Å². The normalized spacial score (nSPS) is 17.0. The van der Waals surface area contributed by atoms with Gasteiger partial charge in [0.25, 0.3) is 0 Å². The predicted octanol–water partition coefficient (Wildman–Crippen LogP) is 3.50. The van der Waals surface area contributed by atoms with Crippen LogP contribution in [0.1, 0.15) is 49.4 Å². The number of carbonyl (C=O) groups is 3. The lowest BCUT2D eigenvalue weighted by Gasteiger charge is -2.24. The van der Waals surface area contributed by atoms with Crippen molar-refractivity contribution in [1.29, 1.82) is 0 Å². The maximum atomic E-state index is 12.7. The molecule has 2 heterocycles. The van der Waals surface area contributed by atoms with Crippen LogP contribution in [0.25, 0.3) is 0 Å². The first-order valence-corrected chi connectivity index (χ1v) is 9.97. The summed E-state index contributed by atoms with van der Waals surface area (Å²) < 4.78 is 0. The molecule has 1 atom stereocenters. The SMILES string of the molecule is CC(C)(C(=O)NCc1cc(Cl)c(C2CCC(=O)NC2=O)c(Cl)c1)c1ccccn1. The van der Waals surface area contributed by atoms with Crippen molar-refractivity contribution >= 4 is 40.9 Å². The molecule has 0 spiro atoms. The van der Waals surface area contributed by atoms with Gasteiger partial charge in [0, 0.05) is 34.8 Å². The third kappa shape index (κ3) is 4.60. The Morgan fingerprint density at radius 2 is 1.93 bits per heavy atom. The number of benzene rings is 1. The van der Waals surface area contributed by atoms with Gasteiger partial charge in [0.15, 0.2) is 0 Å². The molecule has 0 saturated carbocycles. The number of imide groups is 1. The van der Waals surface area contributed by atoms with Crippen LogP contribution in [0.2, 0.25) is 10.0 Å². The molecule has 0 bridgehead atoms. The minimum Gasteiger partial charge on any atom is -0.351 e. The highest BCUT2D eigenvalue weighted by Gasteiger charge is 2.32. The molecule has 1 aliphatic heterocycles. The van der Waals surface area contributed by atoms with E-state index in [4.69, 9.17) is 23.2 Å². The Bertz CT molecular complexity index is 938. The van der Waals surface area contributed by atoms with Crippen molar-refractivity contribution in [1.82, 2.24) is 15.6 Å². The van der Waals surface area contributed by atoms with Crippen LogP contribution >= 0.6 is 23.2 Å². The van der Waals surface area contributed by atoms with Crippen molar-refractivity contribution < 1.29 is 14.4 Å². The van der Waals surface area contributed by atoms with Crippen molar-refractivity contribution in [3.05, 3.63) is 63.4 Å². The first-order chi connectivity index (χ1) is 13.7. The van der Waals surface area contributed by atoms with Crippen molar-refractivity contribution in [2.75, 3.05) is 0 Å². The number of nitrogens with zero attached hydrogens (tertiary/aromatic N) is 1. The first-order valence-electron chi connectivity index (χ1n) is 9.21. The quantitative estimate of drug-likeness (QED) is 0.706. The van der Waals surface area contributed by atoms with E-state index in [0.717, 1.165) is 0 Å². The zero-order valence-electron chi connectivity index (χ0n) is 16.1. The summed E-state index contributed by atoms with van der Waals surface area (Å²) in [6, 6.07) is 8.80. The average Bonchev–Trinajstić information content (AvgIpc) is 2.67. The highest BCUT2D eigenvalue weighted by molar-refractivity contribution is 6.36. The molecule has 8 heteroatoms. The summed E-state index contributed by atoms with van der Waals surface area (Å²) in [4.78, 5) is 40.5. The average molecular weight is 434 g/mol. The maximum absolute atomic E-state index is 12.7. The van der Waals surface area contributed by atoms with Gasteiger partial charge in [0.05, 0.1) is 17.0 Å². The van der Waals surface area contributed by atoms with Gasteiger partial charge in [-0.3, -0.25) is 24.7 Å². The van der Waals surface area contributed by atoms with E-state index in [2.05, 4.69) is 15.6 Å². The molecule has 1 fully saturated rings. The molecule has 1 aromatic heterocycles. The Morgan fingerprint density at radius 1 is 1.24 bits per heavy atom. The van der Waals surface area contributed by atoms with E-state index in [9.17, 15) is 14.4 Å². The molecular formula is C21H21Cl2N3O3. The van der Waals surface area contributed by atoms with Gasteiger partial charge in [-0.1, -0.05) is 29.3 Å². The molecule has 1 saturated heterocycles. The van der Waals surface area contributed by atoms with Crippen molar-refractivity contribution in [2.24, 2.45) is 0 Å². The van der Waals surface area contributed by atoms with E-state index in [-0.39, 0.29) is 24.8 Å². The smallest absolute Gasteiger partial charge is 0.234 e. The lowest BCUT2D eigenvalue weighted by Crippen LogP contribution is -2.40. The van der Waals surface area contributed by atoms with Crippen LogP contribution in [0.3, 0.4) is 0 Å². The topological polar surface area (TPSA) is 88.2 Å². The van der Waals surface area contributed by atoms with Gasteiger partial charge >= 0.3 is 0 Å². The van der Waals surface area contributed by atoms with E-state index in [1.807, 2.05) is 12.1 Å². The number of rotatable bonds is 5. The standard InChI is InChI=1S/C21H21Cl2N3O3/c1-21(2,16-5-3-4-8-24-16)20(29)25-11-12-9-14(22)18(15(23)10-12)13-6-7-17(27)26-19(13)28/h3-5,8-10,13H,6-7,11H2,1-2H3,(H,25,29)(H,26,27,28). The Morgan fingerprint density at radius 3 is 2.52 bits per heavy atom. The van der Waals surface area contributed by atoms with Crippen LogP contribution in [-0.4, -0.2) is 22.7 Å². The summed E-state index contributed by atoms with van der Waals surface area (Å²) in [5.74, 6) is -1.45. The lowest BCUT2D eigenvalue weighted by molar-refractivity contribution is -0.134. The second-order valence-electron chi connectivity index (χ2n) is 7.50. The zero-order valence-corrected chi connectivity index (χ0v) is 17.6. The lowest BCUT2D eigenvalue weighted by atomic mass is 9.87. The third-order valence-electron chi connectivity index (χ3n) is 5.05. The summed E-state index contributed by atoms with van der Waals surface area (Å²) in [5.41, 5.74) is 1.08. The molecule has 3 rings (SSSR count). The van der Waals surface area contributed by atoms with Gasteiger partial charge in [0.1, 0.15) is 0 Å². The molecule has 29 heavy (non-hydrogen) atoms. The van der Waals surface area contributed by atoms with Crippen LogP contribution in [0.15, 0.2) is 36.5 Å². The van der Waals surface area contributed by atoms with Crippen LogP contribution in [0.5, 0.6) is 0 Å². The number of piperidine rings is 1. The van der Waals surface area contributed by atoms with E-state index in [1.54, 1.807) is 38.2 Å². The minimum absolute atomic E-state index is 0.183. The number of nitrogens with one attached hydrogen (secondary N) is 2. The maximum Gasteiger partial charge on any atom is 0.234 e. The Labute approximate surface area is 179 Å². The second kappa shape index (κ2) is 8.51. The molecule has 152 valence electrons. The Balaban J connectivity index is 1.73. The number of halogens is 2. The number of hydrogen-bond donors (Lipinski definition) is 2. The molecule has 1 unspecified atom stereocenters. The van der Waals surface area contributed by atoms with Crippen LogP contribution in [-0.2, 0) is 26.3 Å². The monoisotopic (exact) mass is 433 g/mol. The molecule has 1 aromatic carbocycles. The summed E-state index contributed by atoms with van der Waals surface area (Å²) in [6.45, 7) is 3.83. The Hall–Kier alpha value is -2.44. The van der Waals surface area contributed by atoms with Gasteiger partial charge < -0.3 is 5.32 Å². The molecule has 1 aliphatic rings. The van der Waals surface area contributed by atoms with E-state index < -0.39 is 17.2 Å². The van der Waals surface area contributed by atoms with E-state index in [1.165, 1.54) is 0 Å². The summed E-state index contributed by atoms with van der Waals surface area (Å²) in [6.07, 6.45) is 2.25. The van der Waals surface area contributed by atoms with Crippen LogP contribution in [0, 0.1) is 0 Å². The molecule has 3 amide bonds. The fourth-order valence-corrected chi connectivity index (χ4v) is 4.09. The van der Waals surface area contributed by atoms with E-state index in [0.29, 0.717) is 33.3 Å². The number of hydrogen-bond acceptors (Lipinski definition) is 4. The minimum atomic E-state index is -0.804. The summed E-state index contributed by atoms with van der Waals surface area (Å²) in [5, 5.41) is 5.86. The van der Waals surface area contributed by atoms with Gasteiger partial charge in [0.2, 0.25) is 17.7 Å².